The van der Waals surface area contributed by atoms with Crippen molar-refractivity contribution >= 4 is 16.5 Å². The highest BCUT2D eigenvalue weighted by Gasteiger charge is 2.20. The van der Waals surface area contributed by atoms with Gasteiger partial charge in [0.05, 0.1) is 0 Å². The summed E-state index contributed by atoms with van der Waals surface area (Å²) in [5, 5.41) is 1.57. The molecule has 0 amide bonds. The summed E-state index contributed by atoms with van der Waals surface area (Å²) in [7, 11) is 0. The molecule has 18 heavy (non-hydrogen) atoms. The van der Waals surface area contributed by atoms with Gasteiger partial charge in [0.25, 0.3) is 5.56 Å². The molecule has 4 N–H and O–H groups in total. The van der Waals surface area contributed by atoms with Gasteiger partial charge in [-0.15, -0.1) is 0 Å². The molecule has 0 aliphatic carbocycles. The van der Waals surface area contributed by atoms with Crippen molar-refractivity contribution in [2.24, 2.45) is 5.73 Å². The number of pyridine rings is 1. The molecule has 4 nitrogen and oxygen atoms in total. The van der Waals surface area contributed by atoms with E-state index >= 15 is 0 Å². The van der Waals surface area contributed by atoms with Gasteiger partial charge in [-0.3, -0.25) is 4.79 Å². The molecule has 1 aromatic carbocycles. The lowest BCUT2D eigenvalue weighted by atomic mass is 9.99. The van der Waals surface area contributed by atoms with Crippen LogP contribution in [-0.4, -0.2) is 11.1 Å². The summed E-state index contributed by atoms with van der Waals surface area (Å²) in [6, 6.07) is 7.27. The third kappa shape index (κ3) is 2.11. The topological polar surface area (TPSA) is 74.0 Å². The van der Waals surface area contributed by atoms with Crippen LogP contribution in [0.25, 0.3) is 10.8 Å². The number of nitrogens with two attached hydrogens (primary N) is 2. The molecule has 0 spiro atoms. The summed E-state index contributed by atoms with van der Waals surface area (Å²) < 4.78 is 1.75. The molecular formula is C14H19N3O. The third-order valence-corrected chi connectivity index (χ3v) is 3.34. The van der Waals surface area contributed by atoms with Crippen molar-refractivity contribution in [3.8, 4) is 0 Å². The number of benzene rings is 1. The molecule has 0 saturated heterocycles. The summed E-state index contributed by atoms with van der Waals surface area (Å²) >= 11 is 0. The zero-order valence-corrected chi connectivity index (χ0v) is 10.8. The van der Waals surface area contributed by atoms with Crippen molar-refractivity contribution in [1.29, 1.82) is 0 Å². The lowest BCUT2D eigenvalue weighted by Gasteiger charge is -2.27. The molecular weight excluding hydrogens is 226 g/mol. The van der Waals surface area contributed by atoms with E-state index in [1.807, 2.05) is 32.2 Å². The predicted molar refractivity (Wildman–Crippen MR) is 75.6 cm³/mol. The van der Waals surface area contributed by atoms with E-state index in [1.165, 1.54) is 0 Å². The Morgan fingerprint density at radius 2 is 2.00 bits per heavy atom. The van der Waals surface area contributed by atoms with E-state index in [2.05, 4.69) is 0 Å². The number of anilines is 1. The molecule has 0 saturated carbocycles. The third-order valence-electron chi connectivity index (χ3n) is 3.34. The fraction of sp³-hybridized carbons (Fsp3) is 0.357. The first-order valence-corrected chi connectivity index (χ1v) is 6.07. The van der Waals surface area contributed by atoms with Gasteiger partial charge in [0.15, 0.2) is 0 Å². The zero-order valence-electron chi connectivity index (χ0n) is 10.8. The van der Waals surface area contributed by atoms with E-state index in [0.29, 0.717) is 17.6 Å². The number of nitrogens with zero attached hydrogens (tertiary/aromatic N) is 1. The Kier molecular flexibility index (Phi) is 3.13. The highest BCUT2D eigenvalue weighted by atomic mass is 16.1. The van der Waals surface area contributed by atoms with Crippen LogP contribution in [0, 0.1) is 0 Å². The van der Waals surface area contributed by atoms with Crippen molar-refractivity contribution in [2.45, 2.75) is 25.8 Å². The van der Waals surface area contributed by atoms with Crippen LogP contribution >= 0.6 is 0 Å². The maximum atomic E-state index is 12.4. The highest BCUT2D eigenvalue weighted by molar-refractivity contribution is 5.84. The summed E-state index contributed by atoms with van der Waals surface area (Å²) in [4.78, 5) is 12.4. The first kappa shape index (κ1) is 12.6. The molecule has 0 bridgehead atoms. The minimum absolute atomic E-state index is 0.00551. The van der Waals surface area contributed by atoms with Gasteiger partial charge in [0.1, 0.15) is 0 Å². The molecule has 1 heterocycles. The van der Waals surface area contributed by atoms with E-state index in [-0.39, 0.29) is 11.1 Å². The molecule has 0 fully saturated rings. The number of fused-ring (bicyclic) bond motifs is 1. The standard InChI is InChI=1S/C14H19N3O/c1-14(2,6-7-15)17-8-5-10-9-11(16)3-4-12(10)13(17)18/h3-5,8-9H,6-7,15-16H2,1-2H3. The van der Waals surface area contributed by atoms with Gasteiger partial charge in [-0.25, -0.2) is 0 Å². The fourth-order valence-corrected chi connectivity index (χ4v) is 2.22. The van der Waals surface area contributed by atoms with Crippen molar-refractivity contribution in [1.82, 2.24) is 4.57 Å². The molecule has 0 aliphatic rings. The molecule has 0 radical (unpaired) electrons. The summed E-state index contributed by atoms with van der Waals surface area (Å²) in [6.45, 7) is 4.59. The molecule has 4 heteroatoms. The van der Waals surface area contributed by atoms with Crippen LogP contribution in [0.15, 0.2) is 35.3 Å². The maximum Gasteiger partial charge on any atom is 0.258 e. The Labute approximate surface area is 106 Å². The zero-order chi connectivity index (χ0) is 13.3. The Balaban J connectivity index is 2.65. The average Bonchev–Trinajstić information content (AvgIpc) is 2.28. The second kappa shape index (κ2) is 4.46. The SMILES string of the molecule is CC(C)(CCN)n1ccc2cc(N)ccc2c1=O. The maximum absolute atomic E-state index is 12.4. The van der Waals surface area contributed by atoms with Gasteiger partial charge in [-0.2, -0.15) is 0 Å². The van der Waals surface area contributed by atoms with Crippen LogP contribution < -0.4 is 17.0 Å². The van der Waals surface area contributed by atoms with E-state index in [4.69, 9.17) is 11.5 Å². The summed E-state index contributed by atoms with van der Waals surface area (Å²) in [6.07, 6.45) is 2.58. The van der Waals surface area contributed by atoms with Crippen molar-refractivity contribution in [3.05, 3.63) is 40.8 Å². The Morgan fingerprint density at radius 1 is 1.28 bits per heavy atom. The number of hydrogen-bond acceptors (Lipinski definition) is 3. The lowest BCUT2D eigenvalue weighted by molar-refractivity contribution is 0.325. The Bertz CT molecular complexity index is 628. The molecule has 0 aliphatic heterocycles. The summed E-state index contributed by atoms with van der Waals surface area (Å²) in [5.41, 5.74) is 11.7. The summed E-state index contributed by atoms with van der Waals surface area (Å²) in [5.74, 6) is 0. The predicted octanol–water partition coefficient (Wildman–Crippen LogP) is 1.67. The van der Waals surface area contributed by atoms with Crippen LogP contribution in [0.4, 0.5) is 5.69 Å². The molecule has 96 valence electrons. The highest BCUT2D eigenvalue weighted by Crippen LogP contribution is 2.20. The van der Waals surface area contributed by atoms with Crippen LogP contribution in [0.5, 0.6) is 0 Å². The van der Waals surface area contributed by atoms with Gasteiger partial charge in [-0.1, -0.05) is 0 Å². The van der Waals surface area contributed by atoms with E-state index in [1.54, 1.807) is 16.7 Å². The van der Waals surface area contributed by atoms with Crippen molar-refractivity contribution < 1.29 is 0 Å². The first-order valence-electron chi connectivity index (χ1n) is 6.07. The van der Waals surface area contributed by atoms with Gasteiger partial charge >= 0.3 is 0 Å². The molecule has 2 rings (SSSR count). The number of rotatable bonds is 3. The first-order chi connectivity index (χ1) is 8.45. The monoisotopic (exact) mass is 245 g/mol. The number of hydrogen-bond donors (Lipinski definition) is 2. The van der Waals surface area contributed by atoms with Crippen molar-refractivity contribution in [3.63, 3.8) is 0 Å². The minimum Gasteiger partial charge on any atom is -0.399 e. The Morgan fingerprint density at radius 3 is 2.67 bits per heavy atom. The van der Waals surface area contributed by atoms with Gasteiger partial charge in [-0.05, 0) is 56.5 Å². The van der Waals surface area contributed by atoms with Crippen LogP contribution in [0.1, 0.15) is 20.3 Å². The largest absolute Gasteiger partial charge is 0.399 e. The fourth-order valence-electron chi connectivity index (χ4n) is 2.22. The van der Waals surface area contributed by atoms with Crippen molar-refractivity contribution in [2.75, 3.05) is 12.3 Å². The minimum atomic E-state index is -0.276. The quantitative estimate of drug-likeness (QED) is 0.808. The second-order valence-corrected chi connectivity index (χ2v) is 5.19. The van der Waals surface area contributed by atoms with E-state index in [0.717, 1.165) is 11.8 Å². The molecule has 0 unspecified atom stereocenters. The van der Waals surface area contributed by atoms with E-state index in [9.17, 15) is 4.79 Å². The van der Waals surface area contributed by atoms with Gasteiger partial charge in [0.2, 0.25) is 0 Å². The van der Waals surface area contributed by atoms with Crippen LogP contribution in [0.2, 0.25) is 0 Å². The van der Waals surface area contributed by atoms with Crippen LogP contribution in [0.3, 0.4) is 0 Å². The number of aromatic nitrogens is 1. The molecule has 0 atom stereocenters. The van der Waals surface area contributed by atoms with Crippen LogP contribution in [-0.2, 0) is 5.54 Å². The van der Waals surface area contributed by atoms with Gasteiger partial charge in [0, 0.05) is 22.8 Å². The van der Waals surface area contributed by atoms with E-state index < -0.39 is 0 Å². The van der Waals surface area contributed by atoms with Gasteiger partial charge < -0.3 is 16.0 Å². The Hall–Kier alpha value is -1.81. The smallest absolute Gasteiger partial charge is 0.258 e. The normalized spacial score (nSPS) is 11.9. The number of nitrogen functional groups attached to an aromatic ring is 1. The molecule has 2 aromatic rings. The molecule has 1 aromatic heterocycles. The lowest BCUT2D eigenvalue weighted by Crippen LogP contribution is -2.37. The second-order valence-electron chi connectivity index (χ2n) is 5.19. The average molecular weight is 245 g/mol.